The van der Waals surface area contributed by atoms with E-state index in [1.807, 2.05) is 72.8 Å². The summed E-state index contributed by atoms with van der Waals surface area (Å²) in [5.74, 6) is -0.239. The minimum atomic E-state index is -2.64. The first kappa shape index (κ1) is 24.0. The molecule has 2 nitrogen and oxygen atoms in total. The van der Waals surface area contributed by atoms with Crippen molar-refractivity contribution in [1.29, 1.82) is 0 Å². The number of carbonyl (C=O) groups excluding carboxylic acids is 2. The third kappa shape index (κ3) is 4.46. The highest BCUT2D eigenvalue weighted by Gasteiger charge is 2.57. The van der Waals surface area contributed by atoms with Crippen LogP contribution in [0.3, 0.4) is 0 Å². The van der Waals surface area contributed by atoms with Crippen molar-refractivity contribution in [2.75, 3.05) is 0 Å². The van der Waals surface area contributed by atoms with Crippen molar-refractivity contribution >= 4 is 34.7 Å². The van der Waals surface area contributed by atoms with E-state index in [0.717, 1.165) is 15.9 Å². The van der Waals surface area contributed by atoms with Crippen LogP contribution in [0.4, 0.5) is 0 Å². The lowest BCUT2D eigenvalue weighted by atomic mass is 10.1. The topological polar surface area (TPSA) is 34.1 Å². The molecule has 4 heteroatoms. The van der Waals surface area contributed by atoms with Crippen LogP contribution in [-0.2, 0) is 4.79 Å². The Bertz CT molecular complexity index is 1070. The van der Waals surface area contributed by atoms with Crippen LogP contribution in [0, 0.1) is 0 Å². The summed E-state index contributed by atoms with van der Waals surface area (Å²) in [4.78, 5) is 27.3. The summed E-state index contributed by atoms with van der Waals surface area (Å²) in [6, 6.07) is 39.3. The van der Waals surface area contributed by atoms with Crippen molar-refractivity contribution in [2.45, 2.75) is 12.6 Å². The number of halogens is 1. The summed E-state index contributed by atoms with van der Waals surface area (Å²) in [7, 11) is -2.64. The average Bonchev–Trinajstić information content (AvgIpc) is 2.84. The Kier molecular flexibility index (Phi) is 8.11. The predicted octanol–water partition coefficient (Wildman–Crippen LogP) is 1.82. The highest BCUT2D eigenvalue weighted by atomic mass is 127. The van der Waals surface area contributed by atoms with Crippen LogP contribution < -0.4 is 39.9 Å². The fourth-order valence-corrected chi connectivity index (χ4v) is 9.04. The zero-order valence-electron chi connectivity index (χ0n) is 17.8. The molecule has 160 valence electrons. The van der Waals surface area contributed by atoms with E-state index in [1.165, 1.54) is 0 Å². The molecule has 0 amide bonds. The van der Waals surface area contributed by atoms with Crippen LogP contribution in [-0.4, -0.2) is 17.2 Å². The van der Waals surface area contributed by atoms with E-state index in [2.05, 4.69) is 36.4 Å². The van der Waals surface area contributed by atoms with Gasteiger partial charge in [0, 0.05) is 5.56 Å². The number of carbonyl (C=O) groups is 2. The molecule has 4 aromatic rings. The summed E-state index contributed by atoms with van der Waals surface area (Å²) >= 11 is 0. The lowest BCUT2D eigenvalue weighted by Gasteiger charge is -2.32. The van der Waals surface area contributed by atoms with E-state index < -0.39 is 12.9 Å². The van der Waals surface area contributed by atoms with Crippen LogP contribution in [0.25, 0.3) is 0 Å². The standard InChI is InChI=1S/C28H24O2P.HI/c1-22(29)28(27(30)23-14-6-2-7-15-23)31(24-16-8-3-9-17-24,25-18-10-4-11-19-25)26-20-12-5-13-21-26;/h2-21,28H,1H3;1H/q+1;/p-1. The van der Waals surface area contributed by atoms with Gasteiger partial charge in [-0.1, -0.05) is 84.9 Å². The van der Waals surface area contributed by atoms with Gasteiger partial charge in [0.05, 0.1) is 0 Å². The molecule has 1 atom stereocenters. The maximum atomic E-state index is 14.0. The van der Waals surface area contributed by atoms with Crippen LogP contribution in [0.2, 0.25) is 0 Å². The van der Waals surface area contributed by atoms with Crippen molar-refractivity contribution in [3.05, 3.63) is 127 Å². The van der Waals surface area contributed by atoms with Gasteiger partial charge < -0.3 is 24.0 Å². The van der Waals surface area contributed by atoms with E-state index in [9.17, 15) is 9.59 Å². The van der Waals surface area contributed by atoms with Crippen molar-refractivity contribution in [3.8, 4) is 0 Å². The lowest BCUT2D eigenvalue weighted by molar-refractivity contribution is -0.115. The van der Waals surface area contributed by atoms with E-state index in [0.29, 0.717) is 5.56 Å². The second-order valence-corrected chi connectivity index (χ2v) is 11.0. The van der Waals surface area contributed by atoms with Gasteiger partial charge in [0.1, 0.15) is 23.2 Å². The van der Waals surface area contributed by atoms with E-state index in [-0.39, 0.29) is 35.5 Å². The zero-order chi connectivity index (χ0) is 21.7. The quantitative estimate of drug-likeness (QED) is 0.152. The number of rotatable bonds is 7. The third-order valence-corrected chi connectivity index (χ3v) is 10.3. The van der Waals surface area contributed by atoms with Gasteiger partial charge in [0.15, 0.2) is 5.78 Å². The molecule has 0 N–H and O–H groups in total. The van der Waals surface area contributed by atoms with Gasteiger partial charge in [0.2, 0.25) is 11.4 Å². The number of Topliss-reactive ketones (excluding diaryl/α,β-unsaturated/α-hetero) is 2. The summed E-state index contributed by atoms with van der Waals surface area (Å²) in [6.07, 6.45) is 0. The largest absolute Gasteiger partial charge is 1.00 e. The van der Waals surface area contributed by atoms with E-state index in [4.69, 9.17) is 0 Å². The van der Waals surface area contributed by atoms with Crippen LogP contribution in [0.1, 0.15) is 17.3 Å². The molecule has 1 unspecified atom stereocenters. The van der Waals surface area contributed by atoms with Crippen molar-refractivity contribution in [1.82, 2.24) is 0 Å². The predicted molar refractivity (Wildman–Crippen MR) is 130 cm³/mol. The van der Waals surface area contributed by atoms with Crippen LogP contribution in [0.15, 0.2) is 121 Å². The zero-order valence-corrected chi connectivity index (χ0v) is 20.8. The third-order valence-electron chi connectivity index (χ3n) is 5.57. The molecule has 0 saturated carbocycles. The molecule has 0 heterocycles. The summed E-state index contributed by atoms with van der Waals surface area (Å²) < 4.78 is 0. The molecule has 32 heavy (non-hydrogen) atoms. The first-order valence-corrected chi connectivity index (χ1v) is 12.2. The van der Waals surface area contributed by atoms with Gasteiger partial charge >= 0.3 is 0 Å². The van der Waals surface area contributed by atoms with Gasteiger partial charge in [-0.05, 0) is 43.3 Å². The Labute approximate surface area is 207 Å². The van der Waals surface area contributed by atoms with Crippen molar-refractivity contribution < 1.29 is 33.6 Å². The smallest absolute Gasteiger partial charge is 0.211 e. The molecular weight excluding hydrogens is 526 g/mol. The Morgan fingerprint density at radius 3 is 1.19 bits per heavy atom. The Balaban J connectivity index is 0.00000289. The second kappa shape index (κ2) is 10.8. The monoisotopic (exact) mass is 550 g/mol. The molecule has 0 aliphatic carbocycles. The molecule has 0 bridgehead atoms. The minimum absolute atomic E-state index is 0. The van der Waals surface area contributed by atoms with E-state index in [1.54, 1.807) is 19.1 Å². The lowest BCUT2D eigenvalue weighted by Crippen LogP contribution is -3.00. The van der Waals surface area contributed by atoms with Crippen molar-refractivity contribution in [2.24, 2.45) is 0 Å². The highest BCUT2D eigenvalue weighted by molar-refractivity contribution is 7.97. The molecule has 0 aliphatic heterocycles. The highest BCUT2D eigenvalue weighted by Crippen LogP contribution is 2.60. The first-order valence-electron chi connectivity index (χ1n) is 10.3. The van der Waals surface area contributed by atoms with Gasteiger partial charge in [0.25, 0.3) is 0 Å². The molecule has 0 saturated heterocycles. The molecular formula is C28H24IO2P. The Hall–Kier alpha value is -2.62. The number of hydrogen-bond donors (Lipinski definition) is 0. The Morgan fingerprint density at radius 2 is 0.875 bits per heavy atom. The van der Waals surface area contributed by atoms with Gasteiger partial charge in [-0.3, -0.25) is 9.59 Å². The summed E-state index contributed by atoms with van der Waals surface area (Å²) in [6.45, 7) is 1.55. The molecule has 0 spiro atoms. The first-order chi connectivity index (χ1) is 15.2. The number of hydrogen-bond acceptors (Lipinski definition) is 2. The fourth-order valence-electron chi connectivity index (χ4n) is 4.28. The number of ketones is 2. The SMILES string of the molecule is CC(=O)C(C(=O)c1ccccc1)[P+](c1ccccc1)(c1ccccc1)c1ccccc1.[I-]. The number of benzene rings is 4. The van der Waals surface area contributed by atoms with Gasteiger partial charge in [-0.15, -0.1) is 0 Å². The summed E-state index contributed by atoms with van der Waals surface area (Å²) in [5.41, 5.74) is -0.239. The molecule has 0 aliphatic rings. The maximum absolute atomic E-state index is 14.0. The van der Waals surface area contributed by atoms with Gasteiger partial charge in [-0.2, -0.15) is 0 Å². The second-order valence-electron chi connectivity index (χ2n) is 7.47. The van der Waals surface area contributed by atoms with E-state index >= 15 is 0 Å². The van der Waals surface area contributed by atoms with Crippen molar-refractivity contribution in [3.63, 3.8) is 0 Å². The maximum Gasteiger partial charge on any atom is 0.211 e. The summed E-state index contributed by atoms with van der Waals surface area (Å²) in [5, 5.41) is 3.07. The molecule has 0 fully saturated rings. The van der Waals surface area contributed by atoms with Crippen LogP contribution >= 0.6 is 7.26 Å². The molecule has 0 radical (unpaired) electrons. The normalized spacial score (nSPS) is 11.8. The molecule has 4 rings (SSSR count). The Morgan fingerprint density at radius 1 is 0.562 bits per heavy atom. The average molecular weight is 550 g/mol. The molecule has 4 aromatic carbocycles. The molecule has 0 aromatic heterocycles. The van der Waals surface area contributed by atoms with Gasteiger partial charge in [-0.25, -0.2) is 0 Å². The minimum Gasteiger partial charge on any atom is -1.00 e. The van der Waals surface area contributed by atoms with Crippen LogP contribution in [0.5, 0.6) is 0 Å². The fraction of sp³-hybridized carbons (Fsp3) is 0.0714.